The lowest BCUT2D eigenvalue weighted by atomic mass is 9.67. The van der Waals surface area contributed by atoms with E-state index in [1.165, 1.54) is 19.3 Å². The number of nitrogens with one attached hydrogen (secondary N) is 1. The van der Waals surface area contributed by atoms with Gasteiger partial charge in [0.1, 0.15) is 5.92 Å². The summed E-state index contributed by atoms with van der Waals surface area (Å²) in [6.07, 6.45) is 5.43. The third-order valence-corrected chi connectivity index (χ3v) is 3.68. The molecule has 1 rings (SSSR count). The number of nitriles is 1. The van der Waals surface area contributed by atoms with Crippen LogP contribution in [0.4, 0.5) is 0 Å². The zero-order valence-electron chi connectivity index (χ0n) is 9.68. The summed E-state index contributed by atoms with van der Waals surface area (Å²) in [6, 6.07) is 2.03. The van der Waals surface area contributed by atoms with Crippen LogP contribution in [0.25, 0.3) is 0 Å². The molecule has 1 N–H and O–H groups in total. The van der Waals surface area contributed by atoms with Crippen LogP contribution in [0.1, 0.15) is 46.0 Å². The molecule has 0 bridgehead atoms. The number of hydrogen-bond donors (Lipinski definition) is 1. The molecule has 0 aromatic heterocycles. The van der Waals surface area contributed by atoms with Gasteiger partial charge in [0.2, 0.25) is 5.91 Å². The minimum Gasteiger partial charge on any atom is -0.354 e. The van der Waals surface area contributed by atoms with Gasteiger partial charge in [-0.05, 0) is 31.1 Å². The Bertz CT molecular complexity index is 258. The fourth-order valence-electron chi connectivity index (χ4n) is 2.07. The average Bonchev–Trinajstić information content (AvgIpc) is 2.19. The molecular formula is C12H20N2O. The summed E-state index contributed by atoms with van der Waals surface area (Å²) in [6.45, 7) is 4.79. The minimum absolute atomic E-state index is 0.0975. The monoisotopic (exact) mass is 208 g/mol. The number of carbonyl (C=O) groups excluding carboxylic acids is 1. The Labute approximate surface area is 91.9 Å². The quantitative estimate of drug-likeness (QED) is 0.753. The molecule has 0 aromatic rings. The van der Waals surface area contributed by atoms with E-state index < -0.39 is 5.92 Å². The molecule has 1 saturated carbocycles. The second-order valence-corrected chi connectivity index (χ2v) is 4.51. The van der Waals surface area contributed by atoms with Gasteiger partial charge in [-0.3, -0.25) is 4.79 Å². The maximum Gasteiger partial charge on any atom is 0.237 e. The Morgan fingerprint density at radius 1 is 1.53 bits per heavy atom. The summed E-state index contributed by atoms with van der Waals surface area (Å²) in [7, 11) is 0. The summed E-state index contributed by atoms with van der Waals surface area (Å²) < 4.78 is 0. The lowest BCUT2D eigenvalue weighted by Gasteiger charge is -2.41. The van der Waals surface area contributed by atoms with E-state index >= 15 is 0 Å². The maximum atomic E-state index is 11.6. The standard InChI is InChI=1S/C12H20N2O/c1-3-10(8-13)11(15)14-9-12(4-2)6-5-7-12/h10H,3-7,9H2,1-2H3,(H,14,15). The van der Waals surface area contributed by atoms with E-state index in [9.17, 15) is 4.79 Å². The van der Waals surface area contributed by atoms with E-state index in [1.54, 1.807) is 0 Å². The van der Waals surface area contributed by atoms with Crippen molar-refractivity contribution in [2.45, 2.75) is 46.0 Å². The fraction of sp³-hybridized carbons (Fsp3) is 0.833. The van der Waals surface area contributed by atoms with E-state index in [2.05, 4.69) is 12.2 Å². The third-order valence-electron chi connectivity index (χ3n) is 3.68. The van der Waals surface area contributed by atoms with Crippen molar-refractivity contribution in [3.63, 3.8) is 0 Å². The van der Waals surface area contributed by atoms with Crippen LogP contribution in [-0.4, -0.2) is 12.5 Å². The molecule has 15 heavy (non-hydrogen) atoms. The minimum atomic E-state index is -0.473. The van der Waals surface area contributed by atoms with Crippen molar-refractivity contribution < 1.29 is 4.79 Å². The Morgan fingerprint density at radius 3 is 2.53 bits per heavy atom. The molecule has 0 saturated heterocycles. The molecule has 0 heterocycles. The Hall–Kier alpha value is -1.04. The van der Waals surface area contributed by atoms with E-state index in [0.29, 0.717) is 11.8 Å². The smallest absolute Gasteiger partial charge is 0.237 e. The molecule has 1 unspecified atom stereocenters. The first-order valence-corrected chi connectivity index (χ1v) is 5.85. The van der Waals surface area contributed by atoms with Crippen LogP contribution in [0.2, 0.25) is 0 Å². The highest BCUT2D eigenvalue weighted by Crippen LogP contribution is 2.43. The SMILES string of the molecule is CCC(C#N)C(=O)NCC1(CC)CCC1. The number of rotatable bonds is 5. The van der Waals surface area contributed by atoms with Crippen LogP contribution in [0.3, 0.4) is 0 Å². The van der Waals surface area contributed by atoms with Crippen LogP contribution in [0.5, 0.6) is 0 Å². The highest BCUT2D eigenvalue weighted by molar-refractivity contribution is 5.80. The van der Waals surface area contributed by atoms with Crippen molar-refractivity contribution in [1.82, 2.24) is 5.32 Å². The molecule has 84 valence electrons. The summed E-state index contributed by atoms with van der Waals surface area (Å²) in [4.78, 5) is 11.6. The number of hydrogen-bond acceptors (Lipinski definition) is 2. The van der Waals surface area contributed by atoms with Crippen LogP contribution in [0, 0.1) is 22.7 Å². The lowest BCUT2D eigenvalue weighted by Crippen LogP contribution is -2.43. The fourth-order valence-corrected chi connectivity index (χ4v) is 2.07. The highest BCUT2D eigenvalue weighted by atomic mass is 16.1. The van der Waals surface area contributed by atoms with Crippen LogP contribution < -0.4 is 5.32 Å². The Morgan fingerprint density at radius 2 is 2.20 bits per heavy atom. The van der Waals surface area contributed by atoms with Gasteiger partial charge in [-0.25, -0.2) is 0 Å². The van der Waals surface area contributed by atoms with Gasteiger partial charge < -0.3 is 5.32 Å². The van der Waals surface area contributed by atoms with Crippen LogP contribution in [-0.2, 0) is 4.79 Å². The van der Waals surface area contributed by atoms with Crippen LogP contribution in [0.15, 0.2) is 0 Å². The van der Waals surface area contributed by atoms with Gasteiger partial charge in [-0.1, -0.05) is 20.3 Å². The first kappa shape index (κ1) is 12.0. The normalized spacial score (nSPS) is 19.8. The van der Waals surface area contributed by atoms with Crippen LogP contribution >= 0.6 is 0 Å². The zero-order chi connectivity index (χ0) is 11.3. The summed E-state index contributed by atoms with van der Waals surface area (Å²) in [5, 5.41) is 11.7. The van der Waals surface area contributed by atoms with Gasteiger partial charge in [0.15, 0.2) is 0 Å². The molecule has 3 nitrogen and oxygen atoms in total. The Balaban J connectivity index is 2.36. The lowest BCUT2D eigenvalue weighted by molar-refractivity contribution is -0.124. The number of carbonyl (C=O) groups is 1. The molecule has 0 radical (unpaired) electrons. The maximum absolute atomic E-state index is 11.6. The summed E-state index contributed by atoms with van der Waals surface area (Å²) in [5.74, 6) is -0.571. The second-order valence-electron chi connectivity index (χ2n) is 4.51. The van der Waals surface area contributed by atoms with Crippen molar-refractivity contribution >= 4 is 5.91 Å². The zero-order valence-corrected chi connectivity index (χ0v) is 9.68. The largest absolute Gasteiger partial charge is 0.354 e. The van der Waals surface area contributed by atoms with E-state index in [1.807, 2.05) is 13.0 Å². The van der Waals surface area contributed by atoms with E-state index in [-0.39, 0.29) is 5.91 Å². The van der Waals surface area contributed by atoms with Crippen molar-refractivity contribution in [1.29, 1.82) is 5.26 Å². The molecule has 1 fully saturated rings. The molecule has 1 atom stereocenters. The molecule has 0 aromatic carbocycles. The van der Waals surface area contributed by atoms with E-state index in [4.69, 9.17) is 5.26 Å². The third kappa shape index (κ3) is 2.71. The average molecular weight is 208 g/mol. The van der Waals surface area contributed by atoms with Gasteiger partial charge in [0, 0.05) is 6.54 Å². The van der Waals surface area contributed by atoms with Gasteiger partial charge >= 0.3 is 0 Å². The molecular weight excluding hydrogens is 188 g/mol. The van der Waals surface area contributed by atoms with Crippen molar-refractivity contribution in [2.24, 2.45) is 11.3 Å². The van der Waals surface area contributed by atoms with Crippen molar-refractivity contribution in [2.75, 3.05) is 6.54 Å². The van der Waals surface area contributed by atoms with Gasteiger partial charge in [0.25, 0.3) is 0 Å². The van der Waals surface area contributed by atoms with Crippen molar-refractivity contribution in [3.8, 4) is 6.07 Å². The number of nitrogens with zero attached hydrogens (tertiary/aromatic N) is 1. The molecule has 1 aliphatic rings. The van der Waals surface area contributed by atoms with Gasteiger partial charge in [0.05, 0.1) is 6.07 Å². The first-order chi connectivity index (χ1) is 7.17. The second kappa shape index (κ2) is 5.16. The molecule has 3 heteroatoms. The van der Waals surface area contributed by atoms with Crippen molar-refractivity contribution in [3.05, 3.63) is 0 Å². The topological polar surface area (TPSA) is 52.9 Å². The molecule has 0 aliphatic heterocycles. The molecule has 1 aliphatic carbocycles. The van der Waals surface area contributed by atoms with Gasteiger partial charge in [-0.15, -0.1) is 0 Å². The first-order valence-electron chi connectivity index (χ1n) is 5.85. The summed E-state index contributed by atoms with van der Waals surface area (Å²) >= 11 is 0. The molecule has 1 amide bonds. The van der Waals surface area contributed by atoms with Gasteiger partial charge in [-0.2, -0.15) is 5.26 Å². The number of amides is 1. The highest BCUT2D eigenvalue weighted by Gasteiger charge is 2.35. The molecule has 0 spiro atoms. The predicted octanol–water partition coefficient (Wildman–Crippen LogP) is 2.23. The predicted molar refractivity (Wildman–Crippen MR) is 59.0 cm³/mol. The Kier molecular flexibility index (Phi) is 4.14. The summed E-state index contributed by atoms with van der Waals surface area (Å²) in [5.41, 5.74) is 0.337. The van der Waals surface area contributed by atoms with E-state index in [0.717, 1.165) is 13.0 Å².